The lowest BCUT2D eigenvalue weighted by Crippen LogP contribution is -3.06. The molecular weight excluding hydrogens is 398 g/mol. The predicted molar refractivity (Wildman–Crippen MR) is 121 cm³/mol. The molecule has 30 heavy (non-hydrogen) atoms. The van der Waals surface area contributed by atoms with Crippen LogP contribution in [0.4, 0.5) is 5.82 Å². The van der Waals surface area contributed by atoms with Crippen molar-refractivity contribution < 1.29 is 14.4 Å². The second-order valence-corrected chi connectivity index (χ2v) is 8.78. The number of aromatic nitrogens is 2. The van der Waals surface area contributed by atoms with Gasteiger partial charge in [0, 0.05) is 35.7 Å². The van der Waals surface area contributed by atoms with Crippen molar-refractivity contribution in [1.29, 1.82) is 0 Å². The Balaban J connectivity index is 1.60. The number of hydrogen-bond acceptors (Lipinski definition) is 6. The number of thioether (sulfide) groups is 1. The van der Waals surface area contributed by atoms with E-state index in [-0.39, 0.29) is 5.91 Å². The molecule has 0 aliphatic carbocycles. The van der Waals surface area contributed by atoms with Gasteiger partial charge in [0.1, 0.15) is 5.82 Å². The Kier molecular flexibility index (Phi) is 8.07. The van der Waals surface area contributed by atoms with Gasteiger partial charge >= 0.3 is 0 Å². The predicted octanol–water partition coefficient (Wildman–Crippen LogP) is 1.10. The molecule has 1 aliphatic heterocycles. The molecule has 8 heteroatoms. The van der Waals surface area contributed by atoms with E-state index in [1.807, 2.05) is 31.2 Å². The summed E-state index contributed by atoms with van der Waals surface area (Å²) in [6, 6.07) is 7.77. The van der Waals surface area contributed by atoms with E-state index in [4.69, 9.17) is 9.72 Å². The molecule has 1 aliphatic rings. The average molecular weight is 431 g/mol. The number of morpholine rings is 1. The van der Waals surface area contributed by atoms with E-state index in [1.165, 1.54) is 4.90 Å². The fraction of sp³-hybridized carbons (Fsp3) is 0.500. The maximum atomic E-state index is 12.2. The van der Waals surface area contributed by atoms with E-state index < -0.39 is 0 Å². The van der Waals surface area contributed by atoms with E-state index in [0.29, 0.717) is 12.1 Å². The van der Waals surface area contributed by atoms with Crippen LogP contribution in [0.1, 0.15) is 27.2 Å². The summed E-state index contributed by atoms with van der Waals surface area (Å²) in [5.74, 6) is 1.75. The quantitative estimate of drug-likeness (QED) is 0.483. The van der Waals surface area contributed by atoms with Gasteiger partial charge in [-0.1, -0.05) is 23.9 Å². The largest absolute Gasteiger partial charge is 0.378 e. The van der Waals surface area contributed by atoms with Crippen LogP contribution in [0.15, 0.2) is 29.4 Å². The first-order valence-electron chi connectivity index (χ1n) is 10.4. The van der Waals surface area contributed by atoms with E-state index >= 15 is 0 Å². The molecule has 7 nitrogen and oxygen atoms in total. The molecule has 1 amide bonds. The molecule has 1 fully saturated rings. The van der Waals surface area contributed by atoms with Crippen LogP contribution in [0, 0.1) is 13.8 Å². The minimum absolute atomic E-state index is 0.0249. The number of aryl methyl sites for hydroxylation is 1. The van der Waals surface area contributed by atoms with Crippen molar-refractivity contribution in [3.8, 4) is 0 Å². The maximum absolute atomic E-state index is 12.2. The van der Waals surface area contributed by atoms with Gasteiger partial charge < -0.3 is 19.9 Å². The zero-order valence-corrected chi connectivity index (χ0v) is 19.1. The van der Waals surface area contributed by atoms with Gasteiger partial charge in [0.15, 0.2) is 5.16 Å². The SMILES string of the molecule is Cc1nc(SCc2ccc(C(=O)NCC[NH+](C)C)cc2)nc(N2CCOCC2)c1C. The van der Waals surface area contributed by atoms with E-state index in [2.05, 4.69) is 36.2 Å². The third kappa shape index (κ3) is 6.17. The van der Waals surface area contributed by atoms with Crippen LogP contribution < -0.4 is 15.1 Å². The Morgan fingerprint density at radius 1 is 1.17 bits per heavy atom. The van der Waals surface area contributed by atoms with Gasteiger partial charge in [-0.25, -0.2) is 9.97 Å². The Labute approximate surface area is 183 Å². The minimum atomic E-state index is -0.0249. The molecular formula is C22H32N5O2S+. The molecule has 1 aromatic carbocycles. The summed E-state index contributed by atoms with van der Waals surface area (Å²) in [7, 11) is 4.14. The Morgan fingerprint density at radius 2 is 1.87 bits per heavy atom. The molecule has 0 unspecified atom stereocenters. The van der Waals surface area contributed by atoms with Crippen LogP contribution in [-0.2, 0) is 10.5 Å². The molecule has 0 radical (unpaired) electrons. The third-order valence-electron chi connectivity index (χ3n) is 5.15. The zero-order chi connectivity index (χ0) is 21.5. The summed E-state index contributed by atoms with van der Waals surface area (Å²) in [6.07, 6.45) is 0. The number of ether oxygens (including phenoxy) is 1. The van der Waals surface area contributed by atoms with Gasteiger partial charge in [0.05, 0.1) is 40.4 Å². The molecule has 2 aromatic rings. The summed E-state index contributed by atoms with van der Waals surface area (Å²) >= 11 is 1.62. The van der Waals surface area contributed by atoms with Crippen molar-refractivity contribution in [1.82, 2.24) is 15.3 Å². The Hall–Kier alpha value is -2.16. The second kappa shape index (κ2) is 10.7. The van der Waals surface area contributed by atoms with Gasteiger partial charge in [0.25, 0.3) is 5.91 Å². The number of nitrogens with one attached hydrogen (secondary N) is 2. The molecule has 3 rings (SSSR count). The average Bonchev–Trinajstić information content (AvgIpc) is 2.75. The highest BCUT2D eigenvalue weighted by Crippen LogP contribution is 2.26. The number of quaternary nitrogens is 1. The first-order valence-corrected chi connectivity index (χ1v) is 11.4. The zero-order valence-electron chi connectivity index (χ0n) is 18.3. The number of amides is 1. The molecule has 2 N–H and O–H groups in total. The number of hydrogen-bond donors (Lipinski definition) is 2. The number of carbonyl (C=O) groups excluding carboxylic acids is 1. The van der Waals surface area contributed by atoms with Crippen molar-refractivity contribution >= 4 is 23.5 Å². The first kappa shape index (κ1) is 22.5. The lowest BCUT2D eigenvalue weighted by atomic mass is 10.1. The summed E-state index contributed by atoms with van der Waals surface area (Å²) in [4.78, 5) is 25.3. The normalized spacial score (nSPS) is 14.2. The lowest BCUT2D eigenvalue weighted by molar-refractivity contribution is -0.856. The van der Waals surface area contributed by atoms with Crippen LogP contribution in [0.2, 0.25) is 0 Å². The van der Waals surface area contributed by atoms with Crippen molar-refractivity contribution in [3.63, 3.8) is 0 Å². The number of nitrogens with zero attached hydrogens (tertiary/aromatic N) is 3. The first-order chi connectivity index (χ1) is 14.4. The van der Waals surface area contributed by atoms with Crippen LogP contribution >= 0.6 is 11.8 Å². The number of rotatable bonds is 8. The van der Waals surface area contributed by atoms with E-state index in [9.17, 15) is 4.79 Å². The number of benzene rings is 1. The van der Waals surface area contributed by atoms with Gasteiger partial charge in [-0.3, -0.25) is 4.79 Å². The van der Waals surface area contributed by atoms with Gasteiger partial charge in [-0.05, 0) is 31.5 Å². The van der Waals surface area contributed by atoms with Crippen LogP contribution in [-0.4, -0.2) is 69.4 Å². The van der Waals surface area contributed by atoms with E-state index in [1.54, 1.807) is 11.8 Å². The molecule has 1 saturated heterocycles. The number of carbonyl (C=O) groups is 1. The van der Waals surface area contributed by atoms with Crippen molar-refractivity contribution in [2.24, 2.45) is 0 Å². The molecule has 0 spiro atoms. The summed E-state index contributed by atoms with van der Waals surface area (Å²) in [5.41, 5.74) is 3.98. The van der Waals surface area contributed by atoms with Crippen LogP contribution in [0.25, 0.3) is 0 Å². The molecule has 1 aromatic heterocycles. The maximum Gasteiger partial charge on any atom is 0.251 e. The monoisotopic (exact) mass is 430 g/mol. The highest BCUT2D eigenvalue weighted by Gasteiger charge is 2.18. The third-order valence-corrected chi connectivity index (χ3v) is 6.07. The summed E-state index contributed by atoms with van der Waals surface area (Å²) in [5, 5.41) is 3.74. The fourth-order valence-electron chi connectivity index (χ4n) is 3.16. The topological polar surface area (TPSA) is 71.8 Å². The van der Waals surface area contributed by atoms with Gasteiger partial charge in [-0.2, -0.15) is 0 Å². The number of anilines is 1. The van der Waals surface area contributed by atoms with Crippen molar-refractivity contribution in [3.05, 3.63) is 46.6 Å². The molecule has 0 saturated carbocycles. The second-order valence-electron chi connectivity index (χ2n) is 7.84. The summed E-state index contributed by atoms with van der Waals surface area (Å²) in [6.45, 7) is 8.90. The fourth-order valence-corrected chi connectivity index (χ4v) is 4.01. The molecule has 2 heterocycles. The highest BCUT2D eigenvalue weighted by molar-refractivity contribution is 7.98. The van der Waals surface area contributed by atoms with Crippen LogP contribution in [0.3, 0.4) is 0 Å². The molecule has 0 atom stereocenters. The Bertz CT molecular complexity index is 851. The standard InChI is InChI=1S/C22H31N5O2S/c1-16-17(2)24-22(25-20(16)27-11-13-29-14-12-27)30-15-18-5-7-19(8-6-18)21(28)23-9-10-26(3)4/h5-8H,9-15H2,1-4H3,(H,23,28)/p+1. The van der Waals surface area contributed by atoms with Gasteiger partial charge in [-0.15, -0.1) is 0 Å². The lowest BCUT2D eigenvalue weighted by Gasteiger charge is -2.29. The number of likely N-dealkylation sites (N-methyl/N-ethyl adjacent to an activating group) is 1. The molecule has 0 bridgehead atoms. The summed E-state index contributed by atoms with van der Waals surface area (Å²) < 4.78 is 5.47. The van der Waals surface area contributed by atoms with Gasteiger partial charge in [0.2, 0.25) is 0 Å². The van der Waals surface area contributed by atoms with Crippen LogP contribution in [0.5, 0.6) is 0 Å². The van der Waals surface area contributed by atoms with E-state index in [0.717, 1.165) is 66.4 Å². The minimum Gasteiger partial charge on any atom is -0.378 e. The molecule has 162 valence electrons. The smallest absolute Gasteiger partial charge is 0.251 e. The highest BCUT2D eigenvalue weighted by atomic mass is 32.2. The Morgan fingerprint density at radius 3 is 2.53 bits per heavy atom. The van der Waals surface area contributed by atoms with Crippen molar-refractivity contribution in [2.45, 2.75) is 24.8 Å². The van der Waals surface area contributed by atoms with Crippen molar-refractivity contribution in [2.75, 3.05) is 58.4 Å².